The molecule has 1 aliphatic heterocycles. The lowest BCUT2D eigenvalue weighted by Crippen LogP contribution is -2.42. The molecule has 126 valence electrons. The fourth-order valence-corrected chi connectivity index (χ4v) is 3.43. The zero-order valence-corrected chi connectivity index (χ0v) is 14.3. The van der Waals surface area contributed by atoms with Crippen LogP contribution in [0.3, 0.4) is 0 Å². The van der Waals surface area contributed by atoms with Crippen LogP contribution in [0.1, 0.15) is 30.4 Å². The number of nitrogens with zero attached hydrogens (tertiary/aromatic N) is 3. The maximum Gasteiger partial charge on any atom is 0.246 e. The molecule has 1 aliphatic rings. The quantitative estimate of drug-likeness (QED) is 0.719. The average molecular weight is 348 g/mol. The molecule has 6 nitrogen and oxygen atoms in total. The van der Waals surface area contributed by atoms with Gasteiger partial charge >= 0.3 is 0 Å². The molecule has 3 heterocycles. The minimum Gasteiger partial charge on any atom is -0.444 e. The van der Waals surface area contributed by atoms with Gasteiger partial charge in [-0.05, 0) is 24.6 Å². The van der Waals surface area contributed by atoms with Gasteiger partial charge in [-0.15, -0.1) is 10.2 Å². The SMILES string of the molecule is Cc1nnc([C@H]2CN(Cc3c(Cl)oc4ccccc34)C[C@@H](C)O2)o1. The summed E-state index contributed by atoms with van der Waals surface area (Å²) in [7, 11) is 0. The number of benzene rings is 1. The Kier molecular flexibility index (Phi) is 4.04. The first-order valence-electron chi connectivity index (χ1n) is 7.94. The van der Waals surface area contributed by atoms with Crippen LogP contribution < -0.4 is 0 Å². The lowest BCUT2D eigenvalue weighted by Gasteiger charge is -2.35. The lowest BCUT2D eigenvalue weighted by atomic mass is 10.1. The van der Waals surface area contributed by atoms with Gasteiger partial charge in [0.1, 0.15) is 11.7 Å². The van der Waals surface area contributed by atoms with Crippen molar-refractivity contribution >= 4 is 22.6 Å². The highest BCUT2D eigenvalue weighted by Crippen LogP contribution is 2.32. The van der Waals surface area contributed by atoms with Crippen molar-refractivity contribution in [1.29, 1.82) is 0 Å². The summed E-state index contributed by atoms with van der Waals surface area (Å²) in [6.45, 7) is 5.98. The van der Waals surface area contributed by atoms with E-state index >= 15 is 0 Å². The number of halogens is 1. The molecule has 0 radical (unpaired) electrons. The van der Waals surface area contributed by atoms with E-state index in [1.165, 1.54) is 0 Å². The molecule has 0 amide bonds. The van der Waals surface area contributed by atoms with Crippen LogP contribution in [-0.2, 0) is 11.3 Å². The first-order chi connectivity index (χ1) is 11.6. The molecular formula is C17H18ClN3O3. The Morgan fingerprint density at radius 1 is 1.21 bits per heavy atom. The molecule has 2 aromatic heterocycles. The van der Waals surface area contributed by atoms with Gasteiger partial charge in [0, 0.05) is 37.5 Å². The maximum absolute atomic E-state index is 6.31. The molecule has 0 unspecified atom stereocenters. The molecular weight excluding hydrogens is 330 g/mol. The highest BCUT2D eigenvalue weighted by molar-refractivity contribution is 6.30. The molecule has 24 heavy (non-hydrogen) atoms. The maximum atomic E-state index is 6.31. The Morgan fingerprint density at radius 2 is 2.04 bits per heavy atom. The van der Waals surface area contributed by atoms with E-state index in [-0.39, 0.29) is 12.2 Å². The van der Waals surface area contributed by atoms with Crippen LogP contribution in [0, 0.1) is 6.92 Å². The van der Waals surface area contributed by atoms with E-state index in [1.807, 2.05) is 31.2 Å². The van der Waals surface area contributed by atoms with Crippen molar-refractivity contribution in [2.45, 2.75) is 32.6 Å². The topological polar surface area (TPSA) is 64.5 Å². The molecule has 1 saturated heterocycles. The lowest BCUT2D eigenvalue weighted by molar-refractivity contribution is -0.0917. The van der Waals surface area contributed by atoms with Gasteiger partial charge in [-0.1, -0.05) is 18.2 Å². The molecule has 4 rings (SSSR count). The molecule has 0 saturated carbocycles. The Balaban J connectivity index is 1.58. The summed E-state index contributed by atoms with van der Waals surface area (Å²) >= 11 is 6.31. The minimum absolute atomic E-state index is 0.0629. The summed E-state index contributed by atoms with van der Waals surface area (Å²) in [6.07, 6.45) is -0.167. The normalized spacial score (nSPS) is 22.3. The number of hydrogen-bond acceptors (Lipinski definition) is 6. The van der Waals surface area contributed by atoms with Crippen LogP contribution in [0.4, 0.5) is 0 Å². The molecule has 0 N–H and O–H groups in total. The van der Waals surface area contributed by atoms with Crippen LogP contribution in [0.5, 0.6) is 0 Å². The number of furan rings is 1. The van der Waals surface area contributed by atoms with Crippen molar-refractivity contribution in [3.63, 3.8) is 0 Å². The van der Waals surface area contributed by atoms with Gasteiger partial charge in [-0.3, -0.25) is 4.90 Å². The van der Waals surface area contributed by atoms with Crippen LogP contribution >= 0.6 is 11.6 Å². The van der Waals surface area contributed by atoms with Gasteiger partial charge in [-0.25, -0.2) is 0 Å². The van der Waals surface area contributed by atoms with Crippen LogP contribution in [0.2, 0.25) is 5.22 Å². The molecule has 7 heteroatoms. The zero-order valence-electron chi connectivity index (χ0n) is 13.5. The molecule has 1 fully saturated rings. The molecule has 3 aromatic rings. The summed E-state index contributed by atoms with van der Waals surface area (Å²) in [4.78, 5) is 2.28. The Labute approximate surface area is 144 Å². The third-order valence-corrected chi connectivity index (χ3v) is 4.49. The predicted octanol–water partition coefficient (Wildman–Crippen LogP) is 3.74. The third kappa shape index (κ3) is 2.92. The van der Waals surface area contributed by atoms with E-state index in [0.29, 0.717) is 30.1 Å². The van der Waals surface area contributed by atoms with Crippen LogP contribution in [-0.4, -0.2) is 34.3 Å². The summed E-state index contributed by atoms with van der Waals surface area (Å²) in [5.41, 5.74) is 1.81. The standard InChI is InChI=1S/C17H18ClN3O3/c1-10-7-21(9-15(22-10)17-20-19-11(2)23-17)8-13-12-5-3-4-6-14(12)24-16(13)18/h3-6,10,15H,7-9H2,1-2H3/t10-,15-/m1/s1. The second-order valence-corrected chi connectivity index (χ2v) is 6.48. The number of hydrogen-bond donors (Lipinski definition) is 0. The van der Waals surface area contributed by atoms with Crippen LogP contribution in [0.25, 0.3) is 11.0 Å². The van der Waals surface area contributed by atoms with Crippen molar-refractivity contribution < 1.29 is 13.6 Å². The smallest absolute Gasteiger partial charge is 0.246 e. The monoisotopic (exact) mass is 347 g/mol. The molecule has 0 spiro atoms. The Morgan fingerprint density at radius 3 is 2.83 bits per heavy atom. The van der Waals surface area contributed by atoms with Gasteiger partial charge in [0.15, 0.2) is 5.22 Å². The molecule has 0 bridgehead atoms. The predicted molar refractivity (Wildman–Crippen MR) is 88.8 cm³/mol. The number of aryl methyl sites for hydroxylation is 1. The molecule has 2 atom stereocenters. The minimum atomic E-state index is -0.230. The van der Waals surface area contributed by atoms with Gasteiger partial charge in [0.05, 0.1) is 6.10 Å². The first kappa shape index (κ1) is 15.6. The second-order valence-electron chi connectivity index (χ2n) is 6.14. The fraction of sp³-hybridized carbons (Fsp3) is 0.412. The second kappa shape index (κ2) is 6.20. The summed E-state index contributed by atoms with van der Waals surface area (Å²) in [5.74, 6) is 1.06. The van der Waals surface area contributed by atoms with E-state index in [0.717, 1.165) is 23.1 Å². The van der Waals surface area contributed by atoms with E-state index in [4.69, 9.17) is 25.2 Å². The number of ether oxygens (including phenoxy) is 1. The largest absolute Gasteiger partial charge is 0.444 e. The van der Waals surface area contributed by atoms with Crippen LogP contribution in [0.15, 0.2) is 33.1 Å². The number of rotatable bonds is 3. The van der Waals surface area contributed by atoms with Gasteiger partial charge in [0.2, 0.25) is 11.8 Å². The summed E-state index contributed by atoms with van der Waals surface area (Å²) in [5, 5.41) is 9.47. The number of morpholine rings is 1. The summed E-state index contributed by atoms with van der Waals surface area (Å²) in [6, 6.07) is 7.89. The number of aromatic nitrogens is 2. The Bertz CT molecular complexity index is 860. The fourth-order valence-electron chi connectivity index (χ4n) is 3.19. The average Bonchev–Trinajstić information content (AvgIpc) is 3.11. The molecule has 1 aromatic carbocycles. The molecule has 0 aliphatic carbocycles. The van der Waals surface area contributed by atoms with E-state index < -0.39 is 0 Å². The first-order valence-corrected chi connectivity index (χ1v) is 8.31. The number of para-hydroxylation sites is 1. The third-order valence-electron chi connectivity index (χ3n) is 4.18. The zero-order chi connectivity index (χ0) is 16.7. The van der Waals surface area contributed by atoms with E-state index in [2.05, 4.69) is 15.1 Å². The van der Waals surface area contributed by atoms with Crippen molar-refractivity contribution in [2.75, 3.05) is 13.1 Å². The highest BCUT2D eigenvalue weighted by Gasteiger charge is 2.31. The van der Waals surface area contributed by atoms with Crippen molar-refractivity contribution in [1.82, 2.24) is 15.1 Å². The van der Waals surface area contributed by atoms with E-state index in [1.54, 1.807) is 6.92 Å². The van der Waals surface area contributed by atoms with E-state index in [9.17, 15) is 0 Å². The number of fused-ring (bicyclic) bond motifs is 1. The van der Waals surface area contributed by atoms with Gasteiger partial charge in [0.25, 0.3) is 0 Å². The Hall–Kier alpha value is -1.89. The van der Waals surface area contributed by atoms with Gasteiger partial charge < -0.3 is 13.6 Å². The van der Waals surface area contributed by atoms with Gasteiger partial charge in [-0.2, -0.15) is 0 Å². The van der Waals surface area contributed by atoms with Crippen molar-refractivity contribution in [3.8, 4) is 0 Å². The van der Waals surface area contributed by atoms with Crippen molar-refractivity contribution in [2.24, 2.45) is 0 Å². The highest BCUT2D eigenvalue weighted by atomic mass is 35.5. The van der Waals surface area contributed by atoms with Crippen molar-refractivity contribution in [3.05, 3.63) is 46.8 Å². The summed E-state index contributed by atoms with van der Waals surface area (Å²) < 4.78 is 17.1.